The summed E-state index contributed by atoms with van der Waals surface area (Å²) in [6.07, 6.45) is -0.308. The first-order valence-electron chi connectivity index (χ1n) is 5.79. The van der Waals surface area contributed by atoms with E-state index in [-0.39, 0.29) is 18.6 Å². The molecule has 1 heterocycles. The van der Waals surface area contributed by atoms with E-state index < -0.39 is 11.3 Å². The second-order valence-corrected chi connectivity index (χ2v) is 5.56. The largest absolute Gasteiger partial charge is 0.483 e. The Kier molecular flexibility index (Phi) is 5.60. The quantitative estimate of drug-likeness (QED) is 0.676. The molecule has 6 nitrogen and oxygen atoms in total. The highest BCUT2D eigenvalue weighted by Gasteiger charge is 2.43. The second-order valence-electron chi connectivity index (χ2n) is 5.56. The van der Waals surface area contributed by atoms with Gasteiger partial charge in [-0.3, -0.25) is 9.69 Å². The van der Waals surface area contributed by atoms with Crippen molar-refractivity contribution >= 4 is 12.6 Å². The third kappa shape index (κ3) is 4.91. The highest BCUT2D eigenvalue weighted by Crippen LogP contribution is 2.28. The Labute approximate surface area is 108 Å². The Bertz CT molecular complexity index is 295. The van der Waals surface area contributed by atoms with Crippen molar-refractivity contribution in [3.8, 4) is 0 Å². The minimum absolute atomic E-state index is 0.0647. The summed E-state index contributed by atoms with van der Waals surface area (Å²) in [6, 6.07) is 0.0647. The van der Waals surface area contributed by atoms with Gasteiger partial charge in [0.25, 0.3) is 6.47 Å². The fourth-order valence-electron chi connectivity index (χ4n) is 1.71. The van der Waals surface area contributed by atoms with Crippen molar-refractivity contribution in [2.75, 3.05) is 6.61 Å². The minimum Gasteiger partial charge on any atom is -0.483 e. The highest BCUT2D eigenvalue weighted by molar-refractivity contribution is 5.69. The maximum atomic E-state index is 11.9. The summed E-state index contributed by atoms with van der Waals surface area (Å²) in [5.74, 6) is 0. The van der Waals surface area contributed by atoms with Crippen LogP contribution in [0.3, 0.4) is 0 Å². The van der Waals surface area contributed by atoms with Gasteiger partial charge in [-0.2, -0.15) is 0 Å². The van der Waals surface area contributed by atoms with E-state index in [1.165, 1.54) is 0 Å². The Hall–Kier alpha value is -1.30. The molecule has 1 saturated heterocycles. The van der Waals surface area contributed by atoms with Gasteiger partial charge >= 0.3 is 6.09 Å². The van der Waals surface area contributed by atoms with Gasteiger partial charge < -0.3 is 14.6 Å². The average molecular weight is 261 g/mol. The molecule has 0 radical (unpaired) electrons. The third-order valence-corrected chi connectivity index (χ3v) is 2.29. The molecule has 1 fully saturated rings. The van der Waals surface area contributed by atoms with E-state index >= 15 is 0 Å². The summed E-state index contributed by atoms with van der Waals surface area (Å²) in [5, 5.41) is 6.89. The predicted molar refractivity (Wildman–Crippen MR) is 66.3 cm³/mol. The van der Waals surface area contributed by atoms with E-state index in [1.807, 2.05) is 41.5 Å². The van der Waals surface area contributed by atoms with Crippen LogP contribution in [0.1, 0.15) is 41.5 Å². The van der Waals surface area contributed by atoms with Crippen molar-refractivity contribution in [3.63, 3.8) is 0 Å². The fourth-order valence-corrected chi connectivity index (χ4v) is 1.71. The van der Waals surface area contributed by atoms with Crippen molar-refractivity contribution in [1.82, 2.24) is 4.90 Å². The summed E-state index contributed by atoms with van der Waals surface area (Å²) in [4.78, 5) is 21.9. The van der Waals surface area contributed by atoms with Gasteiger partial charge in [0.05, 0.1) is 12.6 Å². The monoisotopic (exact) mass is 261 g/mol. The molecule has 1 unspecified atom stereocenters. The van der Waals surface area contributed by atoms with Gasteiger partial charge in [0.2, 0.25) is 0 Å². The number of hydrogen-bond acceptors (Lipinski definition) is 4. The second kappa shape index (κ2) is 6.04. The van der Waals surface area contributed by atoms with Crippen LogP contribution in [0.5, 0.6) is 0 Å². The lowest BCUT2D eigenvalue weighted by molar-refractivity contribution is -0.122. The van der Waals surface area contributed by atoms with E-state index in [1.54, 1.807) is 4.90 Å². The Balaban J connectivity index is 0.000000873. The number of hydrogen-bond donors (Lipinski definition) is 1. The molecule has 0 bridgehead atoms. The van der Waals surface area contributed by atoms with Crippen LogP contribution < -0.4 is 0 Å². The lowest BCUT2D eigenvalue weighted by Gasteiger charge is -2.34. The average Bonchev–Trinajstić information content (AvgIpc) is 2.38. The Morgan fingerprint density at radius 3 is 2.22 bits per heavy atom. The topological polar surface area (TPSA) is 76.1 Å². The molecule has 0 aliphatic carbocycles. The smallest absolute Gasteiger partial charge is 0.412 e. The molecule has 0 spiro atoms. The highest BCUT2D eigenvalue weighted by atomic mass is 16.6. The number of carboxylic acid groups (broad SMARTS) is 1. The van der Waals surface area contributed by atoms with Gasteiger partial charge in [-0.15, -0.1) is 0 Å². The van der Waals surface area contributed by atoms with Crippen LogP contribution in [0, 0.1) is 0 Å². The van der Waals surface area contributed by atoms with Crippen LogP contribution in [0.25, 0.3) is 0 Å². The lowest BCUT2D eigenvalue weighted by atomic mass is 10.2. The van der Waals surface area contributed by atoms with Crippen LogP contribution in [-0.4, -0.2) is 46.5 Å². The van der Waals surface area contributed by atoms with Crippen LogP contribution in [0.4, 0.5) is 4.79 Å². The number of carbonyl (C=O) groups is 2. The SMILES string of the molecule is CC1COC(C)(C)N1C(=O)OC(C)(C)C.O=CO. The molecular formula is C12H23NO5. The van der Waals surface area contributed by atoms with E-state index in [9.17, 15) is 4.79 Å². The molecular weight excluding hydrogens is 238 g/mol. The van der Waals surface area contributed by atoms with Crippen LogP contribution in [0.2, 0.25) is 0 Å². The molecule has 1 rings (SSSR count). The number of carbonyl (C=O) groups excluding carboxylic acids is 1. The van der Waals surface area contributed by atoms with Crippen molar-refractivity contribution in [2.24, 2.45) is 0 Å². The lowest BCUT2D eigenvalue weighted by Crippen LogP contribution is -2.48. The van der Waals surface area contributed by atoms with Gasteiger partial charge in [-0.05, 0) is 41.5 Å². The molecule has 1 aliphatic rings. The number of nitrogens with zero attached hydrogens (tertiary/aromatic N) is 1. The molecule has 1 aliphatic heterocycles. The van der Waals surface area contributed by atoms with Crippen LogP contribution >= 0.6 is 0 Å². The zero-order valence-corrected chi connectivity index (χ0v) is 11.9. The number of rotatable bonds is 0. The number of amides is 1. The van der Waals surface area contributed by atoms with Crippen molar-refractivity contribution in [1.29, 1.82) is 0 Å². The van der Waals surface area contributed by atoms with Gasteiger partial charge in [-0.25, -0.2) is 4.79 Å². The van der Waals surface area contributed by atoms with Crippen molar-refractivity contribution < 1.29 is 24.2 Å². The minimum atomic E-state index is -0.568. The maximum absolute atomic E-state index is 11.9. The van der Waals surface area contributed by atoms with Gasteiger partial charge in [-0.1, -0.05) is 0 Å². The molecule has 0 aromatic carbocycles. The summed E-state index contributed by atoms with van der Waals surface area (Å²) < 4.78 is 10.9. The maximum Gasteiger partial charge on any atom is 0.412 e. The van der Waals surface area contributed by atoms with E-state index in [0.717, 1.165) is 0 Å². The summed E-state index contributed by atoms with van der Waals surface area (Å²) in [6.45, 7) is 11.6. The van der Waals surface area contributed by atoms with Crippen molar-refractivity contribution in [2.45, 2.75) is 58.9 Å². The zero-order chi connectivity index (χ0) is 14.6. The Morgan fingerprint density at radius 1 is 1.50 bits per heavy atom. The summed E-state index contributed by atoms with van der Waals surface area (Å²) in [7, 11) is 0. The van der Waals surface area contributed by atoms with Gasteiger partial charge in [0.15, 0.2) is 0 Å². The first-order chi connectivity index (χ1) is 8.05. The van der Waals surface area contributed by atoms with Crippen LogP contribution in [-0.2, 0) is 14.3 Å². The fraction of sp³-hybridized carbons (Fsp3) is 0.833. The molecule has 106 valence electrons. The summed E-state index contributed by atoms with van der Waals surface area (Å²) in [5.41, 5.74) is -1.03. The molecule has 18 heavy (non-hydrogen) atoms. The van der Waals surface area contributed by atoms with E-state index in [2.05, 4.69) is 0 Å². The van der Waals surface area contributed by atoms with E-state index in [4.69, 9.17) is 19.4 Å². The van der Waals surface area contributed by atoms with Crippen molar-refractivity contribution in [3.05, 3.63) is 0 Å². The molecule has 0 saturated carbocycles. The first kappa shape index (κ1) is 16.7. The molecule has 1 amide bonds. The molecule has 0 aromatic heterocycles. The first-order valence-corrected chi connectivity index (χ1v) is 5.79. The normalized spacial score (nSPS) is 21.9. The predicted octanol–water partition coefficient (Wildman–Crippen LogP) is 2.08. The zero-order valence-electron chi connectivity index (χ0n) is 11.9. The molecule has 1 atom stereocenters. The van der Waals surface area contributed by atoms with Gasteiger partial charge in [0, 0.05) is 0 Å². The summed E-state index contributed by atoms with van der Waals surface area (Å²) >= 11 is 0. The molecule has 0 aromatic rings. The third-order valence-electron chi connectivity index (χ3n) is 2.29. The van der Waals surface area contributed by atoms with Gasteiger partial charge in [0.1, 0.15) is 11.3 Å². The number of ether oxygens (including phenoxy) is 2. The van der Waals surface area contributed by atoms with E-state index in [0.29, 0.717) is 6.61 Å². The van der Waals surface area contributed by atoms with Crippen LogP contribution in [0.15, 0.2) is 0 Å². The molecule has 6 heteroatoms. The standard InChI is InChI=1S/C11H21NO3.CH2O2/c1-8-7-14-11(5,6)12(8)9(13)15-10(2,3)4;2-1-3/h8H,7H2,1-6H3;1H,(H,2,3). The molecule has 1 N–H and O–H groups in total. The Morgan fingerprint density at radius 2 is 1.94 bits per heavy atom.